The molecule has 0 spiro atoms. The van der Waals surface area contributed by atoms with Gasteiger partial charge in [0.05, 0.1) is 36.8 Å². The first-order chi connectivity index (χ1) is 17.7. The number of carbonyl (C=O) groups is 2. The van der Waals surface area contributed by atoms with Crippen molar-refractivity contribution in [3.05, 3.63) is 71.6 Å². The summed E-state index contributed by atoms with van der Waals surface area (Å²) in [6, 6.07) is 12.6. The lowest BCUT2D eigenvalue weighted by atomic mass is 9.84. The molecule has 0 aliphatic carbocycles. The van der Waals surface area contributed by atoms with Gasteiger partial charge in [-0.1, -0.05) is 18.2 Å². The van der Waals surface area contributed by atoms with Gasteiger partial charge in [0.2, 0.25) is 0 Å². The summed E-state index contributed by atoms with van der Waals surface area (Å²) in [6.45, 7) is 4.82. The third-order valence-electron chi connectivity index (χ3n) is 6.65. The first kappa shape index (κ1) is 31.8. The van der Waals surface area contributed by atoms with Gasteiger partial charge in [-0.3, -0.25) is 20.3 Å². The van der Waals surface area contributed by atoms with Crippen LogP contribution in [-0.2, 0) is 33.5 Å². The number of nitrogen functional groups attached to an aromatic ring is 1. The van der Waals surface area contributed by atoms with Crippen LogP contribution in [-0.4, -0.2) is 52.9 Å². The Morgan fingerprint density at radius 3 is 2.56 bits per heavy atom. The second kappa shape index (κ2) is 13.6. The van der Waals surface area contributed by atoms with Crippen molar-refractivity contribution in [1.29, 1.82) is 5.41 Å². The number of hydrogen-bond acceptors (Lipinski definition) is 8. The van der Waals surface area contributed by atoms with E-state index in [0.717, 1.165) is 22.5 Å². The Kier molecular flexibility index (Phi) is 11.1. The first-order valence-corrected chi connectivity index (χ1v) is 12.2. The summed E-state index contributed by atoms with van der Waals surface area (Å²) in [5.74, 6) is 0.340. The number of benzene rings is 2. The number of aryl methyl sites for hydroxylation is 1. The molecule has 0 saturated carbocycles. The molecule has 0 fully saturated rings. The number of nitrogens with zero attached hydrogens (tertiary/aromatic N) is 2. The lowest BCUT2D eigenvalue weighted by Gasteiger charge is -2.32. The molecule has 2 heterocycles. The van der Waals surface area contributed by atoms with Crippen molar-refractivity contribution in [1.82, 2.24) is 20.2 Å². The van der Waals surface area contributed by atoms with Crippen LogP contribution < -0.4 is 21.7 Å². The number of ether oxygens (including phenoxy) is 1. The molecule has 2 aromatic carbocycles. The Hall–Kier alpha value is -3.44. The molecule has 0 bridgehead atoms. The van der Waals surface area contributed by atoms with Crippen LogP contribution in [0.3, 0.4) is 0 Å². The summed E-state index contributed by atoms with van der Waals surface area (Å²) < 4.78 is 7.07. The molecule has 2 atom stereocenters. The zero-order valence-corrected chi connectivity index (χ0v) is 23.7. The number of ketones is 1. The number of carbonyl (C=O) groups excluding carboxylic acids is 2. The molecule has 0 radical (unpaired) electrons. The van der Waals surface area contributed by atoms with Crippen LogP contribution in [0, 0.1) is 5.41 Å². The van der Waals surface area contributed by atoms with Crippen molar-refractivity contribution in [3.8, 4) is 0 Å². The largest absolute Gasteiger partial charge is 0.465 e. The fourth-order valence-electron chi connectivity index (χ4n) is 4.42. The standard InChI is InChI=1S/C27H33N7O3.2ClH/c1-4-37-24(35)16-32-27(2,25(36)20-6-5-13-30-20)18-9-12-22-21(14-18)33-23(34(22)3)15-31-19-10-7-17(8-11-19)26(28)29;;/h5-12,14,20,30-32H,4,13,15-16H2,1-3H3,(H3,28,29);2*1H. The van der Waals surface area contributed by atoms with E-state index in [1.165, 1.54) is 0 Å². The molecule has 10 nitrogen and oxygen atoms in total. The Morgan fingerprint density at radius 1 is 1.23 bits per heavy atom. The predicted molar refractivity (Wildman–Crippen MR) is 158 cm³/mol. The minimum absolute atomic E-state index is 0. The molecule has 12 heteroatoms. The minimum Gasteiger partial charge on any atom is -0.465 e. The number of aromatic nitrogens is 2. The maximum atomic E-state index is 13.6. The summed E-state index contributed by atoms with van der Waals surface area (Å²) in [7, 11) is 1.95. The zero-order chi connectivity index (χ0) is 26.6. The zero-order valence-electron chi connectivity index (χ0n) is 22.1. The molecule has 1 aromatic heterocycles. The van der Waals surface area contributed by atoms with Gasteiger partial charge in [-0.25, -0.2) is 4.98 Å². The van der Waals surface area contributed by atoms with Crippen molar-refractivity contribution in [2.24, 2.45) is 12.8 Å². The number of imidazole rings is 1. The van der Waals surface area contributed by atoms with Crippen molar-refractivity contribution < 1.29 is 14.3 Å². The lowest BCUT2D eigenvalue weighted by Crippen LogP contribution is -2.54. The number of Topliss-reactive ketones (excluding diaryl/α,β-unsaturated/α-hetero) is 1. The molecule has 0 amide bonds. The molecule has 1 aliphatic heterocycles. The number of nitrogens with two attached hydrogens (primary N) is 1. The Balaban J connectivity index is 0.00000267. The monoisotopic (exact) mass is 575 g/mol. The highest BCUT2D eigenvalue weighted by Gasteiger charge is 2.39. The Morgan fingerprint density at radius 2 is 1.95 bits per heavy atom. The molecule has 0 saturated heterocycles. The third kappa shape index (κ3) is 6.96. The smallest absolute Gasteiger partial charge is 0.319 e. The summed E-state index contributed by atoms with van der Waals surface area (Å²) in [5.41, 5.74) is 8.33. The molecule has 1 aliphatic rings. The number of anilines is 1. The highest BCUT2D eigenvalue weighted by molar-refractivity contribution is 5.97. The molecule has 39 heavy (non-hydrogen) atoms. The fourth-order valence-corrected chi connectivity index (χ4v) is 4.42. The first-order valence-electron chi connectivity index (χ1n) is 12.2. The van der Waals surface area contributed by atoms with Gasteiger partial charge in [0, 0.05) is 24.8 Å². The average molecular weight is 577 g/mol. The Bertz CT molecular complexity index is 1360. The van der Waals surface area contributed by atoms with E-state index in [-0.39, 0.29) is 49.6 Å². The Labute approximate surface area is 240 Å². The molecule has 210 valence electrons. The predicted octanol–water partition coefficient (Wildman–Crippen LogP) is 2.78. The SMILES string of the molecule is CCOC(=O)CNC(C)(C(=O)C1C=CCN1)c1ccc2c(c1)nc(CNc1ccc(C(=N)N)cc1)n2C.Cl.Cl. The van der Waals surface area contributed by atoms with Crippen LogP contribution in [0.1, 0.15) is 30.8 Å². The van der Waals surface area contributed by atoms with E-state index in [2.05, 4.69) is 16.0 Å². The normalized spacial score (nSPS) is 15.6. The number of nitrogens with one attached hydrogen (secondary N) is 4. The van der Waals surface area contributed by atoms with Gasteiger partial charge in [-0.2, -0.15) is 0 Å². The highest BCUT2D eigenvalue weighted by atomic mass is 35.5. The summed E-state index contributed by atoms with van der Waals surface area (Å²) in [6.07, 6.45) is 3.77. The summed E-state index contributed by atoms with van der Waals surface area (Å²) in [4.78, 5) is 30.5. The van der Waals surface area contributed by atoms with Crippen LogP contribution in [0.25, 0.3) is 11.0 Å². The van der Waals surface area contributed by atoms with Crippen molar-refractivity contribution in [3.63, 3.8) is 0 Å². The molecular weight excluding hydrogens is 541 g/mol. The fraction of sp³-hybridized carbons (Fsp3) is 0.333. The van der Waals surface area contributed by atoms with Gasteiger partial charge in [0.25, 0.3) is 0 Å². The van der Waals surface area contributed by atoms with Gasteiger partial charge in [0.15, 0.2) is 5.78 Å². The van der Waals surface area contributed by atoms with Gasteiger partial charge < -0.3 is 25.7 Å². The lowest BCUT2D eigenvalue weighted by molar-refractivity contribution is -0.142. The number of halogens is 2. The summed E-state index contributed by atoms with van der Waals surface area (Å²) >= 11 is 0. The van der Waals surface area contributed by atoms with Crippen LogP contribution in [0.15, 0.2) is 54.6 Å². The van der Waals surface area contributed by atoms with E-state index >= 15 is 0 Å². The second-order valence-electron chi connectivity index (χ2n) is 9.10. The van der Waals surface area contributed by atoms with Crippen molar-refractivity contribution in [2.75, 3.05) is 25.0 Å². The van der Waals surface area contributed by atoms with E-state index in [1.54, 1.807) is 26.0 Å². The number of hydrogen-bond donors (Lipinski definition) is 5. The van der Waals surface area contributed by atoms with E-state index in [1.807, 2.05) is 54.1 Å². The van der Waals surface area contributed by atoms with E-state index < -0.39 is 17.6 Å². The number of rotatable bonds is 11. The van der Waals surface area contributed by atoms with E-state index in [9.17, 15) is 9.59 Å². The van der Waals surface area contributed by atoms with Crippen LogP contribution in [0.2, 0.25) is 0 Å². The molecular formula is C27H35Cl2N7O3. The molecule has 4 rings (SSSR count). The molecule has 6 N–H and O–H groups in total. The minimum atomic E-state index is -1.14. The number of amidine groups is 1. The molecule has 2 unspecified atom stereocenters. The van der Waals surface area contributed by atoms with E-state index in [0.29, 0.717) is 24.2 Å². The van der Waals surface area contributed by atoms with Crippen LogP contribution in [0.5, 0.6) is 0 Å². The average Bonchev–Trinajstić information content (AvgIpc) is 3.54. The summed E-state index contributed by atoms with van der Waals surface area (Å²) in [5, 5.41) is 17.2. The number of esters is 1. The number of fused-ring (bicyclic) bond motifs is 1. The van der Waals surface area contributed by atoms with Crippen LogP contribution >= 0.6 is 24.8 Å². The quantitative estimate of drug-likeness (QED) is 0.101. The van der Waals surface area contributed by atoms with Gasteiger partial charge >= 0.3 is 5.97 Å². The topological polar surface area (TPSA) is 147 Å². The maximum Gasteiger partial charge on any atom is 0.319 e. The third-order valence-corrected chi connectivity index (χ3v) is 6.65. The van der Waals surface area contributed by atoms with Crippen molar-refractivity contribution in [2.45, 2.75) is 32.0 Å². The van der Waals surface area contributed by atoms with Crippen LogP contribution in [0.4, 0.5) is 5.69 Å². The second-order valence-corrected chi connectivity index (χ2v) is 9.10. The maximum absolute atomic E-state index is 13.6. The van der Waals surface area contributed by atoms with Gasteiger partial charge in [-0.15, -0.1) is 24.8 Å². The molecule has 3 aromatic rings. The van der Waals surface area contributed by atoms with Gasteiger partial charge in [0.1, 0.15) is 17.2 Å². The van der Waals surface area contributed by atoms with Crippen molar-refractivity contribution >= 4 is 59.1 Å². The van der Waals surface area contributed by atoms with Gasteiger partial charge in [-0.05, 0) is 55.8 Å². The van der Waals surface area contributed by atoms with E-state index in [4.69, 9.17) is 20.9 Å². The highest BCUT2D eigenvalue weighted by Crippen LogP contribution is 2.28.